The van der Waals surface area contributed by atoms with E-state index in [1.54, 1.807) is 0 Å². The lowest BCUT2D eigenvalue weighted by Crippen LogP contribution is -2.41. The molecule has 2 unspecified atom stereocenters. The maximum Gasteiger partial charge on any atom is 0.336 e. The highest BCUT2D eigenvalue weighted by Crippen LogP contribution is 2.51. The number of dihydropyridines is 2. The van der Waals surface area contributed by atoms with Crippen molar-refractivity contribution in [2.24, 2.45) is 34.5 Å². The predicted molar refractivity (Wildman–Crippen MR) is 166 cm³/mol. The van der Waals surface area contributed by atoms with Crippen LogP contribution in [0.2, 0.25) is 0 Å². The minimum atomic E-state index is -0.261. The van der Waals surface area contributed by atoms with Gasteiger partial charge in [0.1, 0.15) is 0 Å². The van der Waals surface area contributed by atoms with Crippen molar-refractivity contribution in [1.82, 2.24) is 10.6 Å². The molecule has 0 bridgehead atoms. The summed E-state index contributed by atoms with van der Waals surface area (Å²) in [6.45, 7) is 14.7. The molecule has 2 atom stereocenters. The molecule has 7 nitrogen and oxygen atoms in total. The van der Waals surface area contributed by atoms with E-state index in [1.165, 1.54) is 12.8 Å². The van der Waals surface area contributed by atoms with E-state index in [9.17, 15) is 19.6 Å². The molecule has 0 spiro atoms. The molecule has 2 aliphatic heterocycles. The Morgan fingerprint density at radius 2 is 1.30 bits per heavy atom. The summed E-state index contributed by atoms with van der Waals surface area (Å²) in [5.41, 5.74) is 7.21. The van der Waals surface area contributed by atoms with Crippen molar-refractivity contribution in [2.45, 2.75) is 113 Å². The third-order valence-electron chi connectivity index (χ3n) is 10.1. The first-order valence-corrected chi connectivity index (χ1v) is 16.3. The van der Waals surface area contributed by atoms with Crippen LogP contribution in [0.5, 0.6) is 0 Å². The first-order chi connectivity index (χ1) is 20.3. The van der Waals surface area contributed by atoms with Crippen LogP contribution in [0.3, 0.4) is 0 Å². The number of esters is 1. The number of Topliss-reactive ketones (excluding diaryl/α,β-unsaturated/α-hetero) is 2. The monoisotopic (exact) mass is 587 g/mol. The zero-order valence-electron chi connectivity index (χ0n) is 27.2. The summed E-state index contributed by atoms with van der Waals surface area (Å²) in [6, 6.07) is 2.33. The Morgan fingerprint density at radius 3 is 1.79 bits per heavy atom. The second kappa shape index (κ2) is 11.7. The molecule has 232 valence electrons. The van der Waals surface area contributed by atoms with Gasteiger partial charge in [0.2, 0.25) is 0 Å². The molecule has 0 aromatic heterocycles. The number of carbonyl (C=O) groups excluding carboxylic acids is 3. The van der Waals surface area contributed by atoms with Crippen molar-refractivity contribution in [3.63, 3.8) is 0 Å². The third kappa shape index (κ3) is 6.26. The Labute approximate surface area is 257 Å². The highest BCUT2D eigenvalue weighted by Gasteiger charge is 2.47. The Kier molecular flexibility index (Phi) is 8.55. The molecule has 43 heavy (non-hydrogen) atoms. The van der Waals surface area contributed by atoms with Gasteiger partial charge in [0.15, 0.2) is 11.6 Å². The van der Waals surface area contributed by atoms with Gasteiger partial charge in [-0.2, -0.15) is 5.26 Å². The number of hydrogen-bond acceptors (Lipinski definition) is 7. The van der Waals surface area contributed by atoms with E-state index in [0.717, 1.165) is 78.0 Å². The fraction of sp³-hybridized carbons (Fsp3) is 0.667. The van der Waals surface area contributed by atoms with Gasteiger partial charge in [-0.1, -0.05) is 40.5 Å². The maximum atomic E-state index is 13.0. The van der Waals surface area contributed by atoms with Gasteiger partial charge in [-0.25, -0.2) is 4.79 Å². The van der Waals surface area contributed by atoms with Crippen molar-refractivity contribution >= 4 is 17.5 Å². The Hall–Kier alpha value is -3.14. The van der Waals surface area contributed by atoms with Gasteiger partial charge < -0.3 is 15.4 Å². The van der Waals surface area contributed by atoms with Crippen LogP contribution in [0.15, 0.2) is 45.1 Å². The second-order valence-corrected chi connectivity index (χ2v) is 15.2. The molecule has 4 aliphatic carbocycles. The van der Waals surface area contributed by atoms with Crippen LogP contribution in [0.25, 0.3) is 0 Å². The zero-order valence-corrected chi connectivity index (χ0v) is 27.2. The van der Waals surface area contributed by atoms with Gasteiger partial charge in [0.05, 0.1) is 23.8 Å². The zero-order chi connectivity index (χ0) is 31.3. The maximum absolute atomic E-state index is 13.0. The molecular weight excluding hydrogens is 538 g/mol. The molecule has 0 radical (unpaired) electrons. The Bertz CT molecular complexity index is 1390. The van der Waals surface area contributed by atoms with Crippen molar-refractivity contribution < 1.29 is 19.1 Å². The Balaban J connectivity index is 0.000000176. The number of nitriles is 1. The van der Waals surface area contributed by atoms with Crippen LogP contribution in [-0.2, 0) is 19.1 Å². The molecule has 7 heteroatoms. The molecule has 2 saturated carbocycles. The molecule has 0 aromatic carbocycles. The normalized spacial score (nSPS) is 28.3. The standard InChI is InChI=1S/C20H29NO3.C16H20N2O/c1-5-24-19(23)16-12(2)21-14-10-20(3,4)11-15(22)18(14)17(16)13-8-6-7-9-13;1-9-11(8-17)14(10-4-5-10)15-12(18-9)6-16(2,3)7-13(15)19/h13,17,21H,5-11H2,1-4H3;10,14,18H,4-7H2,1-3H3. The van der Waals surface area contributed by atoms with Gasteiger partial charge in [0, 0.05) is 58.6 Å². The van der Waals surface area contributed by atoms with E-state index in [4.69, 9.17) is 4.74 Å². The molecular formula is C36H49N3O4. The van der Waals surface area contributed by atoms with Crippen molar-refractivity contribution in [3.8, 4) is 6.07 Å². The average molecular weight is 588 g/mol. The summed E-state index contributed by atoms with van der Waals surface area (Å²) in [5.74, 6) is 1.09. The number of hydrogen-bond donors (Lipinski definition) is 2. The molecule has 0 saturated heterocycles. The second-order valence-electron chi connectivity index (χ2n) is 15.2. The van der Waals surface area contributed by atoms with E-state index < -0.39 is 0 Å². The fourth-order valence-electron chi connectivity index (χ4n) is 8.26. The van der Waals surface area contributed by atoms with E-state index in [2.05, 4.69) is 44.4 Å². The van der Waals surface area contributed by atoms with Crippen LogP contribution >= 0.6 is 0 Å². The summed E-state index contributed by atoms with van der Waals surface area (Å²) >= 11 is 0. The molecule has 0 aromatic rings. The summed E-state index contributed by atoms with van der Waals surface area (Å²) in [4.78, 5) is 38.1. The fourth-order valence-corrected chi connectivity index (χ4v) is 8.26. The van der Waals surface area contributed by atoms with Gasteiger partial charge in [-0.05, 0) is 82.0 Å². The summed E-state index contributed by atoms with van der Waals surface area (Å²) in [5, 5.41) is 16.1. The van der Waals surface area contributed by atoms with Gasteiger partial charge >= 0.3 is 5.97 Å². The van der Waals surface area contributed by atoms with Crippen LogP contribution in [0, 0.1) is 45.8 Å². The number of carbonyl (C=O) groups is 3. The van der Waals surface area contributed by atoms with Crippen LogP contribution < -0.4 is 10.6 Å². The molecule has 0 amide bonds. The topological polar surface area (TPSA) is 108 Å². The van der Waals surface area contributed by atoms with Gasteiger partial charge in [0.25, 0.3) is 0 Å². The van der Waals surface area contributed by atoms with Crippen molar-refractivity contribution in [1.29, 1.82) is 5.26 Å². The van der Waals surface area contributed by atoms with E-state index in [0.29, 0.717) is 36.9 Å². The van der Waals surface area contributed by atoms with Crippen LogP contribution in [-0.4, -0.2) is 24.1 Å². The number of nitrogens with one attached hydrogen (secondary N) is 2. The molecule has 6 aliphatic rings. The summed E-state index contributed by atoms with van der Waals surface area (Å²) in [6.07, 6.45) is 9.80. The van der Waals surface area contributed by atoms with Crippen LogP contribution in [0.1, 0.15) is 113 Å². The summed E-state index contributed by atoms with van der Waals surface area (Å²) < 4.78 is 5.33. The van der Waals surface area contributed by atoms with Gasteiger partial charge in [-0.3, -0.25) is 9.59 Å². The third-order valence-corrected chi connectivity index (χ3v) is 10.1. The van der Waals surface area contributed by atoms with E-state index in [1.807, 2.05) is 20.8 Å². The number of nitrogens with zero attached hydrogens (tertiary/aromatic N) is 1. The SMILES string of the molecule is CC1=C(C#N)C(C2CC2)C2=C(CC(C)(C)CC2=O)N1.CCOC(=O)C1=C(C)NC2=C(C(=O)CC(C)(C)C2)C1C1CCCC1. The van der Waals surface area contributed by atoms with Crippen LogP contribution in [0.4, 0.5) is 0 Å². The van der Waals surface area contributed by atoms with Crippen molar-refractivity contribution in [3.05, 3.63) is 45.1 Å². The van der Waals surface area contributed by atoms with E-state index in [-0.39, 0.29) is 40.2 Å². The van der Waals surface area contributed by atoms with Gasteiger partial charge in [-0.15, -0.1) is 0 Å². The molecule has 2 N–H and O–H groups in total. The highest BCUT2D eigenvalue weighted by molar-refractivity contribution is 6.02. The van der Waals surface area contributed by atoms with Crippen molar-refractivity contribution in [2.75, 3.05) is 6.61 Å². The largest absolute Gasteiger partial charge is 0.463 e. The van der Waals surface area contributed by atoms with E-state index >= 15 is 0 Å². The lowest BCUT2D eigenvalue weighted by Gasteiger charge is -2.41. The number of allylic oxidation sites excluding steroid dienone is 7. The quantitative estimate of drug-likeness (QED) is 0.343. The smallest absolute Gasteiger partial charge is 0.336 e. The predicted octanol–water partition coefficient (Wildman–Crippen LogP) is 6.93. The lowest BCUT2D eigenvalue weighted by molar-refractivity contribution is -0.139. The number of ketones is 2. The lowest BCUT2D eigenvalue weighted by atomic mass is 9.67. The molecule has 6 rings (SSSR count). The first-order valence-electron chi connectivity index (χ1n) is 16.3. The average Bonchev–Trinajstić information content (AvgIpc) is 3.59. The number of rotatable bonds is 4. The highest BCUT2D eigenvalue weighted by atomic mass is 16.5. The summed E-state index contributed by atoms with van der Waals surface area (Å²) in [7, 11) is 0. The molecule has 2 heterocycles. The Morgan fingerprint density at radius 1 is 0.814 bits per heavy atom. The minimum absolute atomic E-state index is 0.0230. The first kappa shape index (κ1) is 31.3. The molecule has 2 fully saturated rings. The number of ether oxygens (including phenoxy) is 1. The minimum Gasteiger partial charge on any atom is -0.463 e.